The van der Waals surface area contributed by atoms with Crippen LogP contribution in [-0.4, -0.2) is 13.1 Å². The molecule has 1 nitrogen and oxygen atoms in total. The van der Waals surface area contributed by atoms with Crippen LogP contribution in [0.1, 0.15) is 23.5 Å². The van der Waals surface area contributed by atoms with E-state index in [-0.39, 0.29) is 10.4 Å². The van der Waals surface area contributed by atoms with Crippen molar-refractivity contribution in [3.8, 4) is 0 Å². The molecule has 1 aromatic rings. The molecule has 1 unspecified atom stereocenters. The fraction of sp³-hybridized carbons (Fsp3) is 0.455. The van der Waals surface area contributed by atoms with Gasteiger partial charge in [-0.1, -0.05) is 12.1 Å². The van der Waals surface area contributed by atoms with Gasteiger partial charge in [-0.2, -0.15) is 13.2 Å². The predicted octanol–water partition coefficient (Wildman–Crippen LogP) is 3.54. The Kier molecular flexibility index (Phi) is 3.26. The molecule has 0 aliphatic carbocycles. The highest BCUT2D eigenvalue weighted by molar-refractivity contribution is 9.10. The largest absolute Gasteiger partial charge is 0.417 e. The van der Waals surface area contributed by atoms with Gasteiger partial charge in [-0.3, -0.25) is 0 Å². The van der Waals surface area contributed by atoms with E-state index in [0.29, 0.717) is 0 Å². The number of halogens is 4. The summed E-state index contributed by atoms with van der Waals surface area (Å²) in [5.74, 6) is 0.177. The van der Waals surface area contributed by atoms with Crippen LogP contribution in [0, 0.1) is 0 Å². The highest BCUT2D eigenvalue weighted by atomic mass is 79.9. The van der Waals surface area contributed by atoms with Crippen molar-refractivity contribution in [2.75, 3.05) is 13.1 Å². The van der Waals surface area contributed by atoms with Crippen molar-refractivity contribution in [1.29, 1.82) is 0 Å². The molecule has 5 heteroatoms. The summed E-state index contributed by atoms with van der Waals surface area (Å²) >= 11 is 3.08. The molecule has 0 bridgehead atoms. The SMILES string of the molecule is FC(F)(F)c1cccc(C2CCNC2)c1Br. The predicted molar refractivity (Wildman–Crippen MR) is 59.4 cm³/mol. The highest BCUT2D eigenvalue weighted by Gasteiger charge is 2.34. The Morgan fingerprint density at radius 1 is 1.31 bits per heavy atom. The van der Waals surface area contributed by atoms with Crippen molar-refractivity contribution in [1.82, 2.24) is 5.32 Å². The lowest BCUT2D eigenvalue weighted by molar-refractivity contribution is -0.138. The molecule has 0 aromatic heterocycles. The summed E-state index contributed by atoms with van der Waals surface area (Å²) in [7, 11) is 0. The third kappa shape index (κ3) is 2.25. The third-order valence-electron chi connectivity index (χ3n) is 2.83. The minimum Gasteiger partial charge on any atom is -0.316 e. The first-order valence-electron chi connectivity index (χ1n) is 5.06. The third-order valence-corrected chi connectivity index (χ3v) is 3.72. The van der Waals surface area contributed by atoms with Gasteiger partial charge >= 0.3 is 6.18 Å². The van der Waals surface area contributed by atoms with Gasteiger partial charge in [0, 0.05) is 11.0 Å². The lowest BCUT2D eigenvalue weighted by Gasteiger charge is -2.16. The highest BCUT2D eigenvalue weighted by Crippen LogP contribution is 2.39. The van der Waals surface area contributed by atoms with Gasteiger partial charge in [0.05, 0.1) is 5.56 Å². The van der Waals surface area contributed by atoms with Crippen molar-refractivity contribution < 1.29 is 13.2 Å². The molecule has 1 aliphatic heterocycles. The molecule has 1 heterocycles. The molecule has 0 radical (unpaired) electrons. The van der Waals surface area contributed by atoms with E-state index in [1.54, 1.807) is 6.07 Å². The number of benzene rings is 1. The van der Waals surface area contributed by atoms with Crippen LogP contribution in [0.2, 0.25) is 0 Å². The Balaban J connectivity index is 2.40. The summed E-state index contributed by atoms with van der Waals surface area (Å²) in [5.41, 5.74) is 0.164. The van der Waals surface area contributed by atoms with Crippen LogP contribution in [0.5, 0.6) is 0 Å². The van der Waals surface area contributed by atoms with Crippen LogP contribution in [0.15, 0.2) is 22.7 Å². The van der Waals surface area contributed by atoms with E-state index >= 15 is 0 Å². The second kappa shape index (κ2) is 4.37. The average molecular weight is 294 g/mol. The number of hydrogen-bond acceptors (Lipinski definition) is 1. The fourth-order valence-corrected chi connectivity index (χ4v) is 2.82. The van der Waals surface area contributed by atoms with Crippen LogP contribution in [0.4, 0.5) is 13.2 Å². The first kappa shape index (κ1) is 11.9. The normalized spacial score (nSPS) is 21.4. The van der Waals surface area contributed by atoms with Crippen molar-refractivity contribution >= 4 is 15.9 Å². The van der Waals surface area contributed by atoms with E-state index in [0.717, 1.165) is 31.1 Å². The Labute approximate surface area is 100 Å². The average Bonchev–Trinajstić information content (AvgIpc) is 2.69. The van der Waals surface area contributed by atoms with Crippen molar-refractivity contribution in [3.05, 3.63) is 33.8 Å². The van der Waals surface area contributed by atoms with Crippen LogP contribution in [0.3, 0.4) is 0 Å². The van der Waals surface area contributed by atoms with E-state index in [2.05, 4.69) is 21.2 Å². The molecule has 0 spiro atoms. The van der Waals surface area contributed by atoms with E-state index in [9.17, 15) is 13.2 Å². The molecule has 1 aliphatic rings. The van der Waals surface area contributed by atoms with Crippen molar-refractivity contribution in [2.24, 2.45) is 0 Å². The minimum atomic E-state index is -4.29. The molecule has 1 atom stereocenters. The number of nitrogens with one attached hydrogen (secondary N) is 1. The van der Waals surface area contributed by atoms with E-state index in [1.807, 2.05) is 0 Å². The van der Waals surface area contributed by atoms with Crippen LogP contribution in [-0.2, 0) is 6.18 Å². The summed E-state index contributed by atoms with van der Waals surface area (Å²) in [6.45, 7) is 1.62. The van der Waals surface area contributed by atoms with Gasteiger partial charge in [0.25, 0.3) is 0 Å². The summed E-state index contributed by atoms with van der Waals surface area (Å²) in [6.07, 6.45) is -3.40. The molecule has 1 saturated heterocycles. The van der Waals surface area contributed by atoms with Crippen molar-refractivity contribution in [3.63, 3.8) is 0 Å². The van der Waals surface area contributed by atoms with Gasteiger partial charge in [-0.05, 0) is 46.4 Å². The molecule has 1 N–H and O–H groups in total. The lowest BCUT2D eigenvalue weighted by atomic mass is 9.96. The van der Waals surface area contributed by atoms with Crippen LogP contribution < -0.4 is 5.32 Å². The monoisotopic (exact) mass is 293 g/mol. The molecule has 1 fully saturated rings. The summed E-state index contributed by atoms with van der Waals surface area (Å²) in [4.78, 5) is 0. The fourth-order valence-electron chi connectivity index (χ4n) is 2.00. The summed E-state index contributed by atoms with van der Waals surface area (Å²) in [5, 5.41) is 3.15. The Bertz CT molecular complexity index is 383. The molecule has 0 amide bonds. The zero-order chi connectivity index (χ0) is 11.8. The molecular formula is C11H11BrF3N. The first-order chi connectivity index (χ1) is 7.50. The quantitative estimate of drug-likeness (QED) is 0.835. The lowest BCUT2D eigenvalue weighted by Crippen LogP contribution is -2.11. The molecule has 0 saturated carbocycles. The van der Waals surface area contributed by atoms with Gasteiger partial charge in [0.15, 0.2) is 0 Å². The number of hydrogen-bond donors (Lipinski definition) is 1. The zero-order valence-electron chi connectivity index (χ0n) is 8.44. The van der Waals surface area contributed by atoms with Crippen LogP contribution in [0.25, 0.3) is 0 Å². The Morgan fingerprint density at radius 3 is 2.62 bits per heavy atom. The first-order valence-corrected chi connectivity index (χ1v) is 5.86. The zero-order valence-corrected chi connectivity index (χ0v) is 10.0. The minimum absolute atomic E-state index is 0.177. The molecule has 2 rings (SSSR count). The van der Waals surface area contributed by atoms with Gasteiger partial charge in [0.2, 0.25) is 0 Å². The van der Waals surface area contributed by atoms with E-state index < -0.39 is 11.7 Å². The van der Waals surface area contributed by atoms with Crippen LogP contribution >= 0.6 is 15.9 Å². The van der Waals surface area contributed by atoms with E-state index in [4.69, 9.17) is 0 Å². The standard InChI is InChI=1S/C11H11BrF3N/c12-10-8(7-4-5-16-6-7)2-1-3-9(10)11(13,14)15/h1-3,7,16H,4-6H2. The van der Waals surface area contributed by atoms with E-state index in [1.165, 1.54) is 6.07 Å². The maximum Gasteiger partial charge on any atom is 0.417 e. The molecule has 1 aromatic carbocycles. The smallest absolute Gasteiger partial charge is 0.316 e. The maximum absolute atomic E-state index is 12.7. The number of rotatable bonds is 1. The van der Waals surface area contributed by atoms with Gasteiger partial charge in [-0.15, -0.1) is 0 Å². The molecular weight excluding hydrogens is 283 g/mol. The topological polar surface area (TPSA) is 12.0 Å². The van der Waals surface area contributed by atoms with Gasteiger partial charge in [0.1, 0.15) is 0 Å². The molecule has 88 valence electrons. The Morgan fingerprint density at radius 2 is 2.06 bits per heavy atom. The van der Waals surface area contributed by atoms with Gasteiger partial charge in [-0.25, -0.2) is 0 Å². The Hall–Kier alpha value is -0.550. The summed E-state index contributed by atoms with van der Waals surface area (Å²) in [6, 6.07) is 4.34. The second-order valence-electron chi connectivity index (χ2n) is 3.90. The van der Waals surface area contributed by atoms with Crippen molar-refractivity contribution in [2.45, 2.75) is 18.5 Å². The molecule has 16 heavy (non-hydrogen) atoms. The maximum atomic E-state index is 12.7. The summed E-state index contributed by atoms with van der Waals surface area (Å²) < 4.78 is 38.2. The second-order valence-corrected chi connectivity index (χ2v) is 4.69. The number of alkyl halides is 3. The van der Waals surface area contributed by atoms with Gasteiger partial charge < -0.3 is 5.32 Å².